The van der Waals surface area contributed by atoms with Gasteiger partial charge in [-0.25, -0.2) is 9.13 Å². The number of phosphoric acid groups is 2. The van der Waals surface area contributed by atoms with Crippen LogP contribution < -0.4 is 0 Å². The summed E-state index contributed by atoms with van der Waals surface area (Å²) in [7, 11) is -9.90. The Kier molecular flexibility index (Phi) is 69.6. The molecule has 3 unspecified atom stereocenters. The zero-order valence-corrected chi connectivity index (χ0v) is 65.0. The number of aliphatic hydroxyl groups is 1. The summed E-state index contributed by atoms with van der Waals surface area (Å²) in [5.74, 6) is -1.25. The lowest BCUT2D eigenvalue weighted by atomic mass is 9.99. The van der Waals surface area contributed by atoms with Crippen LogP contribution in [0.3, 0.4) is 0 Å². The van der Waals surface area contributed by atoms with Crippen molar-refractivity contribution in [3.63, 3.8) is 0 Å². The van der Waals surface area contributed by atoms with Gasteiger partial charge in [-0.3, -0.25) is 37.3 Å². The number of phosphoric ester groups is 2. The van der Waals surface area contributed by atoms with Gasteiger partial charge in [-0.05, 0) is 31.6 Å². The predicted molar refractivity (Wildman–Crippen MR) is 395 cm³/mol. The molecule has 0 bridgehead atoms. The van der Waals surface area contributed by atoms with Crippen LogP contribution in [0.2, 0.25) is 0 Å². The van der Waals surface area contributed by atoms with E-state index in [4.69, 9.17) is 37.0 Å². The maximum atomic E-state index is 13.1. The van der Waals surface area contributed by atoms with Crippen LogP contribution >= 0.6 is 15.6 Å². The number of carbonyl (C=O) groups excluding carboxylic acids is 4. The first kappa shape index (κ1) is 95.1. The molecule has 0 fully saturated rings. The number of carbonyl (C=O) groups is 4. The van der Waals surface area contributed by atoms with Gasteiger partial charge in [0.15, 0.2) is 12.2 Å². The maximum Gasteiger partial charge on any atom is 0.472 e. The van der Waals surface area contributed by atoms with Gasteiger partial charge in [0.25, 0.3) is 0 Å². The van der Waals surface area contributed by atoms with E-state index < -0.39 is 97.5 Å². The summed E-state index contributed by atoms with van der Waals surface area (Å²) in [6.45, 7) is 7.27. The number of esters is 4. The van der Waals surface area contributed by atoms with Gasteiger partial charge in [-0.2, -0.15) is 0 Å². The van der Waals surface area contributed by atoms with Gasteiger partial charge in [0, 0.05) is 25.7 Å². The summed E-state index contributed by atoms with van der Waals surface area (Å²) in [6, 6.07) is 0. The Labute approximate surface area is 594 Å². The molecule has 576 valence electrons. The van der Waals surface area contributed by atoms with Gasteiger partial charge in [-0.15, -0.1) is 0 Å². The van der Waals surface area contributed by atoms with Crippen molar-refractivity contribution in [2.24, 2.45) is 5.92 Å². The lowest BCUT2D eigenvalue weighted by molar-refractivity contribution is -0.161. The second-order valence-electron chi connectivity index (χ2n) is 28.3. The molecule has 0 amide bonds. The maximum absolute atomic E-state index is 13.1. The zero-order chi connectivity index (χ0) is 71.2. The van der Waals surface area contributed by atoms with E-state index in [-0.39, 0.29) is 25.7 Å². The lowest BCUT2D eigenvalue weighted by Crippen LogP contribution is -2.30. The van der Waals surface area contributed by atoms with E-state index in [1.807, 2.05) is 0 Å². The average Bonchev–Trinajstić information content (AvgIpc) is 1.24. The van der Waals surface area contributed by atoms with Crippen molar-refractivity contribution in [2.75, 3.05) is 39.6 Å². The summed E-state index contributed by atoms with van der Waals surface area (Å²) in [6.07, 6.45) is 61.7. The molecule has 0 rings (SSSR count). The summed E-state index contributed by atoms with van der Waals surface area (Å²) in [5.41, 5.74) is 0. The Morgan fingerprint density at radius 3 is 0.732 bits per heavy atom. The van der Waals surface area contributed by atoms with Crippen molar-refractivity contribution in [1.29, 1.82) is 0 Å². The van der Waals surface area contributed by atoms with Gasteiger partial charge < -0.3 is 33.8 Å². The molecule has 0 saturated carbocycles. The van der Waals surface area contributed by atoms with Crippen LogP contribution in [0.15, 0.2) is 0 Å². The molecule has 0 heterocycles. The van der Waals surface area contributed by atoms with Gasteiger partial charge in [0.2, 0.25) is 0 Å². The fourth-order valence-electron chi connectivity index (χ4n) is 12.0. The third-order valence-electron chi connectivity index (χ3n) is 18.6. The molecule has 0 radical (unpaired) electrons. The van der Waals surface area contributed by atoms with Crippen LogP contribution in [0.1, 0.15) is 413 Å². The summed E-state index contributed by atoms with van der Waals surface area (Å²) in [4.78, 5) is 72.5. The van der Waals surface area contributed by atoms with E-state index in [2.05, 4.69) is 34.6 Å². The second kappa shape index (κ2) is 71.1. The normalized spacial score (nSPS) is 14.2. The van der Waals surface area contributed by atoms with Crippen LogP contribution in [-0.4, -0.2) is 96.7 Å². The average molecular weight is 1420 g/mol. The summed E-state index contributed by atoms with van der Waals surface area (Å²) >= 11 is 0. The molecule has 0 aliphatic rings. The van der Waals surface area contributed by atoms with Crippen LogP contribution in [-0.2, 0) is 65.4 Å². The molecule has 3 N–H and O–H groups in total. The first-order valence-corrected chi connectivity index (χ1v) is 43.7. The molecule has 0 aliphatic heterocycles. The van der Waals surface area contributed by atoms with Crippen molar-refractivity contribution >= 4 is 39.5 Å². The third-order valence-corrected chi connectivity index (χ3v) is 20.5. The first-order valence-electron chi connectivity index (χ1n) is 40.7. The highest BCUT2D eigenvalue weighted by atomic mass is 31.2. The fraction of sp³-hybridized carbons (Fsp3) is 0.949. The van der Waals surface area contributed by atoms with Crippen LogP contribution in [0.25, 0.3) is 0 Å². The van der Waals surface area contributed by atoms with E-state index in [1.54, 1.807) is 0 Å². The minimum Gasteiger partial charge on any atom is -0.462 e. The quantitative estimate of drug-likeness (QED) is 0.0222. The molecule has 6 atom stereocenters. The fourth-order valence-corrected chi connectivity index (χ4v) is 13.6. The van der Waals surface area contributed by atoms with Crippen molar-refractivity contribution in [3.8, 4) is 0 Å². The number of hydrogen-bond acceptors (Lipinski definition) is 15. The van der Waals surface area contributed by atoms with E-state index in [1.165, 1.54) is 212 Å². The molecule has 97 heavy (non-hydrogen) atoms. The monoisotopic (exact) mass is 1420 g/mol. The van der Waals surface area contributed by atoms with E-state index in [9.17, 15) is 43.2 Å². The van der Waals surface area contributed by atoms with Crippen molar-refractivity contribution in [2.45, 2.75) is 432 Å². The lowest BCUT2D eigenvalue weighted by Gasteiger charge is -2.21. The standard InChI is InChI=1S/C78H152O17P2/c1-6-10-13-16-19-20-21-22-23-24-25-26-27-31-34-37-40-43-48-52-57-62-76(81)89-68-74(95-78(83)64-59-54-49-44-41-38-35-32-29-28-30-33-36-39-42-47-50-55-60-71(5)9-4)70-93-97(86,87)91-66-72(79)65-90-96(84,85)92-69-73(94-77(82)63-58-53-46-18-15-12-8-3)67-88-75(80)61-56-51-45-17-14-11-7-2/h71-74,79H,6-70H2,1-5H3,(H,84,85)(H,86,87)/t71?,72-,73+,74+/m0/s1. The number of hydrogen-bond donors (Lipinski definition) is 3. The van der Waals surface area contributed by atoms with Crippen molar-refractivity contribution in [3.05, 3.63) is 0 Å². The largest absolute Gasteiger partial charge is 0.472 e. The molecule has 0 aromatic carbocycles. The van der Waals surface area contributed by atoms with E-state index >= 15 is 0 Å². The molecule has 17 nitrogen and oxygen atoms in total. The molecule has 0 aromatic rings. The highest BCUT2D eigenvalue weighted by Gasteiger charge is 2.30. The Balaban J connectivity index is 5.08. The van der Waals surface area contributed by atoms with Crippen molar-refractivity contribution < 1.29 is 80.2 Å². The zero-order valence-electron chi connectivity index (χ0n) is 63.2. The Morgan fingerprint density at radius 2 is 0.495 bits per heavy atom. The molecule has 0 saturated heterocycles. The smallest absolute Gasteiger partial charge is 0.462 e. The number of unbranched alkanes of at least 4 members (excludes halogenated alkanes) is 49. The minimum atomic E-state index is -4.96. The highest BCUT2D eigenvalue weighted by molar-refractivity contribution is 7.47. The summed E-state index contributed by atoms with van der Waals surface area (Å²) in [5, 5.41) is 10.6. The van der Waals surface area contributed by atoms with Crippen LogP contribution in [0.5, 0.6) is 0 Å². The van der Waals surface area contributed by atoms with E-state index in [0.29, 0.717) is 25.7 Å². The highest BCUT2D eigenvalue weighted by Crippen LogP contribution is 2.45. The summed E-state index contributed by atoms with van der Waals surface area (Å²) < 4.78 is 68.3. The molecular weight excluding hydrogens is 1270 g/mol. The van der Waals surface area contributed by atoms with Crippen LogP contribution in [0.4, 0.5) is 0 Å². The third kappa shape index (κ3) is 70.9. The number of rotatable bonds is 78. The first-order chi connectivity index (χ1) is 47.1. The minimum absolute atomic E-state index is 0.104. The van der Waals surface area contributed by atoms with Gasteiger partial charge in [0.05, 0.1) is 26.4 Å². The van der Waals surface area contributed by atoms with Crippen LogP contribution in [0, 0.1) is 5.92 Å². The SMILES string of the molecule is CCCCCCCCCCCCCCCCCCCCCCCC(=O)OC[C@H](COP(=O)(O)OC[C@@H](O)COP(=O)(O)OC[C@@H](COC(=O)CCCCCCCCC)OC(=O)CCCCCCCCC)OC(=O)CCCCCCCCCCCCCCCCCCCCC(C)CC. The second-order valence-corrected chi connectivity index (χ2v) is 31.3. The van der Waals surface area contributed by atoms with Gasteiger partial charge in [0.1, 0.15) is 19.3 Å². The predicted octanol–water partition coefficient (Wildman–Crippen LogP) is 23.3. The van der Waals surface area contributed by atoms with Crippen molar-refractivity contribution in [1.82, 2.24) is 0 Å². The topological polar surface area (TPSA) is 237 Å². The number of aliphatic hydroxyl groups excluding tert-OH is 1. The van der Waals surface area contributed by atoms with Gasteiger partial charge in [-0.1, -0.05) is 362 Å². The Bertz CT molecular complexity index is 1860. The molecule has 19 heteroatoms. The molecule has 0 aliphatic carbocycles. The van der Waals surface area contributed by atoms with E-state index in [0.717, 1.165) is 121 Å². The molecule has 0 aromatic heterocycles. The Hall–Kier alpha value is -1.94. The Morgan fingerprint density at radius 1 is 0.289 bits per heavy atom. The van der Waals surface area contributed by atoms with Gasteiger partial charge >= 0.3 is 39.5 Å². The molecule has 0 spiro atoms. The molecular formula is C78H152O17P2. The number of ether oxygens (including phenoxy) is 4.